The van der Waals surface area contributed by atoms with E-state index in [0.29, 0.717) is 29.0 Å². The number of fused-ring (bicyclic) bond motifs is 1. The number of halogens is 1. The molecule has 3 rings (SSSR count). The topological polar surface area (TPSA) is 68.5 Å². The van der Waals surface area contributed by atoms with Crippen LogP contribution in [0.4, 0.5) is 11.6 Å². The van der Waals surface area contributed by atoms with Gasteiger partial charge in [-0.2, -0.15) is 0 Å². The maximum Gasteiger partial charge on any atom is 0.269 e. The average molecular weight is 332 g/mol. The summed E-state index contributed by atoms with van der Waals surface area (Å²) >= 11 is 6.23. The zero-order valence-corrected chi connectivity index (χ0v) is 13.7. The van der Waals surface area contributed by atoms with Crippen LogP contribution >= 0.6 is 11.6 Å². The number of amides is 1. The van der Waals surface area contributed by atoms with E-state index in [9.17, 15) is 4.79 Å². The zero-order chi connectivity index (χ0) is 16.6. The van der Waals surface area contributed by atoms with E-state index in [4.69, 9.17) is 22.1 Å². The van der Waals surface area contributed by atoms with Gasteiger partial charge in [-0.15, -0.1) is 0 Å². The molecule has 0 radical (unpaired) electrons. The summed E-state index contributed by atoms with van der Waals surface area (Å²) in [5.74, 6) is 1.25. The molecule has 1 amide bonds. The van der Waals surface area contributed by atoms with Crippen molar-refractivity contribution in [1.82, 2.24) is 4.98 Å². The van der Waals surface area contributed by atoms with Gasteiger partial charge in [0.2, 0.25) is 0 Å². The standard InChI is InChI=1S/C17H18ClN3O2/c1-10(2)15-17(22)21(9-11-5-3-4-6-12(11)18)16-13(23-15)7-8-14(19)20-16/h3-8,10,15H,9H2,1-2H3,(H2,19,20). The lowest BCUT2D eigenvalue weighted by molar-refractivity contribution is -0.128. The second-order valence-electron chi connectivity index (χ2n) is 5.86. The van der Waals surface area contributed by atoms with Crippen molar-refractivity contribution in [2.24, 2.45) is 5.92 Å². The monoisotopic (exact) mass is 331 g/mol. The predicted octanol–water partition coefficient (Wildman–Crippen LogP) is 3.27. The van der Waals surface area contributed by atoms with Crippen LogP contribution in [-0.2, 0) is 11.3 Å². The predicted molar refractivity (Wildman–Crippen MR) is 90.5 cm³/mol. The number of nitrogens with zero attached hydrogens (tertiary/aromatic N) is 2. The Hall–Kier alpha value is -2.27. The summed E-state index contributed by atoms with van der Waals surface area (Å²) in [6.07, 6.45) is -0.546. The first-order valence-corrected chi connectivity index (χ1v) is 7.83. The quantitative estimate of drug-likeness (QED) is 0.937. The molecule has 0 saturated heterocycles. The van der Waals surface area contributed by atoms with Crippen LogP contribution in [-0.4, -0.2) is 17.0 Å². The van der Waals surface area contributed by atoms with E-state index < -0.39 is 6.10 Å². The molecular formula is C17H18ClN3O2. The van der Waals surface area contributed by atoms with Crippen molar-refractivity contribution in [2.45, 2.75) is 26.5 Å². The number of nitrogen functional groups attached to an aromatic ring is 1. The number of anilines is 2. The van der Waals surface area contributed by atoms with Crippen molar-refractivity contribution in [3.63, 3.8) is 0 Å². The van der Waals surface area contributed by atoms with E-state index >= 15 is 0 Å². The van der Waals surface area contributed by atoms with Gasteiger partial charge in [0, 0.05) is 5.02 Å². The summed E-state index contributed by atoms with van der Waals surface area (Å²) < 4.78 is 5.82. The van der Waals surface area contributed by atoms with Crippen molar-refractivity contribution >= 4 is 29.1 Å². The zero-order valence-electron chi connectivity index (χ0n) is 13.0. The minimum Gasteiger partial charge on any atom is -0.476 e. The number of ether oxygens (including phenoxy) is 1. The lowest BCUT2D eigenvalue weighted by atomic mass is 10.0. The maximum absolute atomic E-state index is 12.8. The fourth-order valence-corrected chi connectivity index (χ4v) is 2.75. The molecule has 1 aliphatic rings. The van der Waals surface area contributed by atoms with E-state index in [1.54, 1.807) is 23.1 Å². The van der Waals surface area contributed by atoms with Gasteiger partial charge in [-0.1, -0.05) is 43.6 Å². The first kappa shape index (κ1) is 15.6. The number of nitrogens with two attached hydrogens (primary N) is 1. The first-order valence-electron chi connectivity index (χ1n) is 7.45. The smallest absolute Gasteiger partial charge is 0.269 e. The van der Waals surface area contributed by atoms with E-state index in [2.05, 4.69) is 4.98 Å². The van der Waals surface area contributed by atoms with Gasteiger partial charge in [-0.05, 0) is 29.7 Å². The highest BCUT2D eigenvalue weighted by molar-refractivity contribution is 6.31. The molecule has 1 aliphatic heterocycles. The molecule has 1 unspecified atom stereocenters. The van der Waals surface area contributed by atoms with Crippen molar-refractivity contribution in [1.29, 1.82) is 0 Å². The number of benzene rings is 1. The molecular weight excluding hydrogens is 314 g/mol. The molecule has 0 spiro atoms. The van der Waals surface area contributed by atoms with Crippen molar-refractivity contribution < 1.29 is 9.53 Å². The molecule has 1 aromatic carbocycles. The number of hydrogen-bond acceptors (Lipinski definition) is 4. The van der Waals surface area contributed by atoms with Crippen LogP contribution in [0.25, 0.3) is 0 Å². The highest BCUT2D eigenvalue weighted by Crippen LogP contribution is 2.36. The van der Waals surface area contributed by atoms with Gasteiger partial charge in [-0.25, -0.2) is 4.98 Å². The summed E-state index contributed by atoms with van der Waals surface area (Å²) in [4.78, 5) is 18.7. The molecule has 0 fully saturated rings. The fourth-order valence-electron chi connectivity index (χ4n) is 2.55. The molecule has 0 saturated carbocycles. The molecule has 0 aliphatic carbocycles. The lowest BCUT2D eigenvalue weighted by Crippen LogP contribution is -2.48. The minimum atomic E-state index is -0.546. The highest BCUT2D eigenvalue weighted by atomic mass is 35.5. The molecule has 23 heavy (non-hydrogen) atoms. The van der Waals surface area contributed by atoms with Crippen LogP contribution in [0.2, 0.25) is 5.02 Å². The third-order valence-electron chi connectivity index (χ3n) is 3.77. The fraction of sp³-hybridized carbons (Fsp3) is 0.294. The van der Waals surface area contributed by atoms with E-state index in [1.165, 1.54) is 0 Å². The Kier molecular flexibility index (Phi) is 4.13. The van der Waals surface area contributed by atoms with Crippen LogP contribution in [0, 0.1) is 5.92 Å². The number of rotatable bonds is 3. The molecule has 5 nitrogen and oxygen atoms in total. The Morgan fingerprint density at radius 3 is 2.74 bits per heavy atom. The normalized spacial score (nSPS) is 17.1. The molecule has 2 heterocycles. The van der Waals surface area contributed by atoms with Gasteiger partial charge in [0.15, 0.2) is 17.7 Å². The molecule has 6 heteroatoms. The van der Waals surface area contributed by atoms with Crippen LogP contribution < -0.4 is 15.4 Å². The summed E-state index contributed by atoms with van der Waals surface area (Å²) in [5, 5.41) is 0.610. The number of pyridine rings is 1. The summed E-state index contributed by atoms with van der Waals surface area (Å²) in [5.41, 5.74) is 6.63. The molecule has 0 bridgehead atoms. The minimum absolute atomic E-state index is 0.0435. The van der Waals surface area contributed by atoms with Crippen LogP contribution in [0.1, 0.15) is 19.4 Å². The molecule has 1 aromatic heterocycles. The van der Waals surface area contributed by atoms with Crippen LogP contribution in [0.5, 0.6) is 5.75 Å². The van der Waals surface area contributed by atoms with Crippen molar-refractivity contribution in [3.8, 4) is 5.75 Å². The Morgan fingerprint density at radius 1 is 1.30 bits per heavy atom. The molecule has 2 N–H and O–H groups in total. The van der Waals surface area contributed by atoms with Gasteiger partial charge >= 0.3 is 0 Å². The van der Waals surface area contributed by atoms with Gasteiger partial charge in [0.1, 0.15) is 5.82 Å². The third kappa shape index (κ3) is 2.97. The Bertz CT molecular complexity index is 748. The molecule has 2 aromatic rings. The maximum atomic E-state index is 12.8. The van der Waals surface area contributed by atoms with Crippen LogP contribution in [0.15, 0.2) is 36.4 Å². The first-order chi connectivity index (χ1) is 11.0. The lowest BCUT2D eigenvalue weighted by Gasteiger charge is -2.35. The molecule has 120 valence electrons. The average Bonchev–Trinajstić information content (AvgIpc) is 2.51. The Balaban J connectivity index is 2.04. The second-order valence-corrected chi connectivity index (χ2v) is 6.26. The van der Waals surface area contributed by atoms with Gasteiger partial charge < -0.3 is 10.5 Å². The Morgan fingerprint density at radius 2 is 2.04 bits per heavy atom. The van der Waals surface area contributed by atoms with Crippen LogP contribution in [0.3, 0.4) is 0 Å². The van der Waals surface area contributed by atoms with Crippen molar-refractivity contribution in [3.05, 3.63) is 47.0 Å². The van der Waals surface area contributed by atoms with Crippen molar-refractivity contribution in [2.75, 3.05) is 10.6 Å². The second kappa shape index (κ2) is 6.08. The van der Waals surface area contributed by atoms with Gasteiger partial charge in [0.25, 0.3) is 5.91 Å². The largest absolute Gasteiger partial charge is 0.476 e. The summed E-state index contributed by atoms with van der Waals surface area (Å²) in [6.45, 7) is 4.23. The number of aromatic nitrogens is 1. The number of carbonyl (C=O) groups is 1. The summed E-state index contributed by atoms with van der Waals surface area (Å²) in [7, 11) is 0. The van der Waals surface area contributed by atoms with E-state index in [-0.39, 0.29) is 11.8 Å². The Labute approximate surface area is 140 Å². The van der Waals surface area contributed by atoms with Gasteiger partial charge in [0.05, 0.1) is 6.54 Å². The molecule has 1 atom stereocenters. The summed E-state index contributed by atoms with van der Waals surface area (Å²) in [6, 6.07) is 10.9. The third-order valence-corrected chi connectivity index (χ3v) is 4.14. The number of hydrogen-bond donors (Lipinski definition) is 1. The SMILES string of the molecule is CC(C)C1Oc2ccc(N)nc2N(Cc2ccccc2Cl)C1=O. The van der Waals surface area contributed by atoms with Gasteiger partial charge in [-0.3, -0.25) is 9.69 Å². The number of carbonyl (C=O) groups excluding carboxylic acids is 1. The highest BCUT2D eigenvalue weighted by Gasteiger charge is 2.37. The van der Waals surface area contributed by atoms with E-state index in [1.807, 2.05) is 32.0 Å². The van der Waals surface area contributed by atoms with E-state index in [0.717, 1.165) is 5.56 Å².